The quantitative estimate of drug-likeness (QED) is 0.803. The Morgan fingerprint density at radius 2 is 2.08 bits per heavy atom. The highest BCUT2D eigenvalue weighted by atomic mass is 127. The first-order valence-corrected chi connectivity index (χ1v) is 5.80. The van der Waals surface area contributed by atoms with Gasteiger partial charge in [-0.15, -0.1) is 0 Å². The minimum atomic E-state index is 0.422. The fraction of sp³-hybridized carbons (Fsp3) is 0.667. The van der Waals surface area contributed by atoms with E-state index in [1.54, 1.807) is 0 Å². The molecule has 1 saturated carbocycles. The molecular formula is C9H14IN3. The number of hydrogen-bond donors (Lipinski definition) is 1. The molecule has 1 aromatic heterocycles. The van der Waals surface area contributed by atoms with E-state index in [1.807, 2.05) is 0 Å². The zero-order chi connectivity index (χ0) is 9.26. The number of nitrogens with two attached hydrogens (primary N) is 1. The van der Waals surface area contributed by atoms with E-state index in [2.05, 4.69) is 44.6 Å². The van der Waals surface area contributed by atoms with Crippen molar-refractivity contribution in [3.8, 4) is 0 Å². The summed E-state index contributed by atoms with van der Waals surface area (Å²) in [5.41, 5.74) is 5.85. The smallest absolute Gasteiger partial charge is 0.123 e. The van der Waals surface area contributed by atoms with Crippen LogP contribution in [-0.2, 0) is 0 Å². The second kappa shape index (κ2) is 3.96. The zero-order valence-electron chi connectivity index (χ0n) is 7.49. The van der Waals surface area contributed by atoms with Crippen molar-refractivity contribution in [2.24, 2.45) is 5.73 Å². The van der Waals surface area contributed by atoms with Crippen LogP contribution in [0.1, 0.15) is 31.7 Å². The molecule has 0 atom stereocenters. The second-order valence-electron chi connectivity index (χ2n) is 3.69. The average molecular weight is 291 g/mol. The highest BCUT2D eigenvalue weighted by Gasteiger charge is 2.19. The molecular weight excluding hydrogens is 277 g/mol. The van der Waals surface area contributed by atoms with Crippen LogP contribution < -0.4 is 5.73 Å². The van der Waals surface area contributed by atoms with Crippen LogP contribution in [0, 0.1) is 3.70 Å². The Morgan fingerprint density at radius 3 is 2.62 bits per heavy atom. The predicted octanol–water partition coefficient (Wildman–Crippen LogP) is 1.93. The highest BCUT2D eigenvalue weighted by Crippen LogP contribution is 2.26. The van der Waals surface area contributed by atoms with Gasteiger partial charge in [0.1, 0.15) is 3.70 Å². The van der Waals surface area contributed by atoms with Crippen molar-refractivity contribution in [1.82, 2.24) is 9.78 Å². The summed E-state index contributed by atoms with van der Waals surface area (Å²) in [6.07, 6.45) is 6.71. The van der Waals surface area contributed by atoms with Crippen molar-refractivity contribution in [2.75, 3.05) is 0 Å². The molecule has 13 heavy (non-hydrogen) atoms. The van der Waals surface area contributed by atoms with E-state index in [0.29, 0.717) is 12.1 Å². The van der Waals surface area contributed by atoms with Gasteiger partial charge < -0.3 is 5.73 Å². The van der Waals surface area contributed by atoms with Crippen LogP contribution in [-0.4, -0.2) is 15.8 Å². The Morgan fingerprint density at radius 1 is 1.38 bits per heavy atom. The van der Waals surface area contributed by atoms with Gasteiger partial charge in [-0.3, -0.25) is 4.68 Å². The van der Waals surface area contributed by atoms with Crippen molar-refractivity contribution >= 4 is 22.6 Å². The van der Waals surface area contributed by atoms with E-state index < -0.39 is 0 Å². The maximum atomic E-state index is 5.85. The summed E-state index contributed by atoms with van der Waals surface area (Å²) >= 11 is 2.24. The molecule has 0 aliphatic heterocycles. The summed E-state index contributed by atoms with van der Waals surface area (Å²) in [7, 11) is 0. The monoisotopic (exact) mass is 291 g/mol. The Kier molecular flexibility index (Phi) is 2.88. The van der Waals surface area contributed by atoms with Crippen LogP contribution in [0.5, 0.6) is 0 Å². The van der Waals surface area contributed by atoms with Gasteiger partial charge in [0.05, 0.1) is 6.04 Å². The minimum absolute atomic E-state index is 0.422. The number of nitrogens with zero attached hydrogens (tertiary/aromatic N) is 2. The van der Waals surface area contributed by atoms with Crippen LogP contribution >= 0.6 is 22.6 Å². The van der Waals surface area contributed by atoms with Crippen molar-refractivity contribution in [2.45, 2.75) is 37.8 Å². The molecule has 0 aromatic carbocycles. The van der Waals surface area contributed by atoms with Crippen molar-refractivity contribution in [1.29, 1.82) is 0 Å². The Balaban J connectivity index is 2.02. The lowest BCUT2D eigenvalue weighted by atomic mass is 9.92. The summed E-state index contributed by atoms with van der Waals surface area (Å²) in [6.45, 7) is 0. The number of hydrogen-bond acceptors (Lipinski definition) is 2. The first-order valence-electron chi connectivity index (χ1n) is 4.72. The van der Waals surface area contributed by atoms with Crippen molar-refractivity contribution in [3.63, 3.8) is 0 Å². The fourth-order valence-electron chi connectivity index (χ4n) is 1.88. The molecule has 0 spiro atoms. The molecule has 72 valence electrons. The molecule has 0 unspecified atom stereocenters. The number of halogens is 1. The number of rotatable bonds is 1. The van der Waals surface area contributed by atoms with Crippen LogP contribution in [0.25, 0.3) is 0 Å². The molecule has 1 aliphatic rings. The van der Waals surface area contributed by atoms with Gasteiger partial charge in [-0.25, -0.2) is 0 Å². The second-order valence-corrected chi connectivity index (χ2v) is 4.79. The summed E-state index contributed by atoms with van der Waals surface area (Å²) in [6, 6.07) is 3.06. The lowest BCUT2D eigenvalue weighted by Crippen LogP contribution is -2.28. The Hall–Kier alpha value is -0.100. The topological polar surface area (TPSA) is 43.8 Å². The Bertz CT molecular complexity index is 276. The van der Waals surface area contributed by atoms with Crippen LogP contribution in [0.4, 0.5) is 0 Å². The van der Waals surface area contributed by atoms with Gasteiger partial charge in [-0.2, -0.15) is 5.10 Å². The molecule has 2 rings (SSSR count). The Labute approximate surface area is 91.8 Å². The van der Waals surface area contributed by atoms with Crippen molar-refractivity contribution in [3.05, 3.63) is 16.0 Å². The molecule has 1 aliphatic carbocycles. The van der Waals surface area contributed by atoms with Gasteiger partial charge >= 0.3 is 0 Å². The van der Waals surface area contributed by atoms with E-state index in [-0.39, 0.29) is 0 Å². The third kappa shape index (κ3) is 2.22. The molecule has 4 heteroatoms. The van der Waals surface area contributed by atoms with Gasteiger partial charge in [0.2, 0.25) is 0 Å². The van der Waals surface area contributed by atoms with Gasteiger partial charge in [0.15, 0.2) is 0 Å². The van der Waals surface area contributed by atoms with E-state index in [9.17, 15) is 0 Å². The maximum absolute atomic E-state index is 5.85. The molecule has 0 radical (unpaired) electrons. The zero-order valence-corrected chi connectivity index (χ0v) is 9.65. The fourth-order valence-corrected chi connectivity index (χ4v) is 2.29. The lowest BCUT2D eigenvalue weighted by Gasteiger charge is -2.26. The molecule has 0 amide bonds. The van der Waals surface area contributed by atoms with Gasteiger partial charge in [-0.05, 0) is 54.3 Å². The summed E-state index contributed by atoms with van der Waals surface area (Å²) in [5.74, 6) is 0. The third-order valence-corrected chi connectivity index (χ3v) is 3.27. The largest absolute Gasteiger partial charge is 0.328 e. The molecule has 2 N–H and O–H groups in total. The van der Waals surface area contributed by atoms with Gasteiger partial charge in [0, 0.05) is 12.2 Å². The average Bonchev–Trinajstić information content (AvgIpc) is 2.53. The van der Waals surface area contributed by atoms with Crippen LogP contribution in [0.15, 0.2) is 12.3 Å². The summed E-state index contributed by atoms with van der Waals surface area (Å²) in [5, 5.41) is 4.42. The number of aromatic nitrogens is 2. The van der Waals surface area contributed by atoms with Crippen LogP contribution in [0.3, 0.4) is 0 Å². The first-order chi connectivity index (χ1) is 6.25. The molecule has 1 aromatic rings. The van der Waals surface area contributed by atoms with E-state index in [1.165, 1.54) is 12.8 Å². The van der Waals surface area contributed by atoms with Gasteiger partial charge in [-0.1, -0.05) is 0 Å². The molecule has 1 heterocycles. The van der Waals surface area contributed by atoms with Gasteiger partial charge in [0.25, 0.3) is 0 Å². The minimum Gasteiger partial charge on any atom is -0.328 e. The maximum Gasteiger partial charge on any atom is 0.123 e. The third-order valence-electron chi connectivity index (χ3n) is 2.69. The molecule has 0 saturated heterocycles. The lowest BCUT2D eigenvalue weighted by molar-refractivity contribution is 0.303. The summed E-state index contributed by atoms with van der Waals surface area (Å²) < 4.78 is 3.17. The van der Waals surface area contributed by atoms with Crippen molar-refractivity contribution < 1.29 is 0 Å². The van der Waals surface area contributed by atoms with E-state index in [4.69, 9.17) is 5.73 Å². The van der Waals surface area contributed by atoms with E-state index >= 15 is 0 Å². The molecule has 1 fully saturated rings. The normalized spacial score (nSPS) is 29.1. The standard InChI is InChI=1S/C9H14IN3/c10-9-5-6-13(12-9)8-3-1-7(11)2-4-8/h5-8H,1-4,11H2. The predicted molar refractivity (Wildman–Crippen MR) is 60.4 cm³/mol. The molecule has 3 nitrogen and oxygen atoms in total. The summed E-state index contributed by atoms with van der Waals surface area (Å²) in [4.78, 5) is 0. The highest BCUT2D eigenvalue weighted by molar-refractivity contribution is 14.1. The molecule has 0 bridgehead atoms. The first kappa shape index (κ1) is 9.45. The van der Waals surface area contributed by atoms with Crippen LogP contribution in [0.2, 0.25) is 0 Å². The van der Waals surface area contributed by atoms with E-state index in [0.717, 1.165) is 16.5 Å². The SMILES string of the molecule is NC1CCC(n2ccc(I)n2)CC1.